The van der Waals surface area contributed by atoms with Crippen molar-refractivity contribution < 1.29 is 20.1 Å². The molecule has 0 radical (unpaired) electrons. The van der Waals surface area contributed by atoms with E-state index in [1.165, 1.54) is 6.07 Å². The Morgan fingerprint density at radius 2 is 1.79 bits per heavy atom. The Morgan fingerprint density at radius 1 is 1.00 bits per heavy atom. The maximum Gasteiger partial charge on any atom is 0.235 e. The largest absolute Gasteiger partial charge is 0.454 e. The van der Waals surface area contributed by atoms with Crippen LogP contribution < -0.4 is 14.8 Å². The van der Waals surface area contributed by atoms with Gasteiger partial charge in [-0.25, -0.2) is 4.39 Å². The minimum atomic E-state index is -0.667. The topological polar surface area (TPSA) is 47.6 Å². The lowest BCUT2D eigenvalue weighted by Gasteiger charge is -2.17. The summed E-state index contributed by atoms with van der Waals surface area (Å²) in [7, 11) is 0. The summed E-state index contributed by atoms with van der Waals surface area (Å²) < 4.78 is 25.2. The molecular formula is C23H19ClFNO3. The van der Waals surface area contributed by atoms with E-state index < -0.39 is 11.2 Å². The third kappa shape index (κ3) is 3.21. The molecule has 0 bridgehead atoms. The van der Waals surface area contributed by atoms with Crippen molar-refractivity contribution in [3.8, 4) is 22.6 Å². The highest BCUT2D eigenvalue weighted by Gasteiger charge is 2.51. The van der Waals surface area contributed by atoms with E-state index in [4.69, 9.17) is 21.1 Å². The standard InChI is InChI=1S/C23H17ClFNO3.H2/c24-17-3-1-2-14(10-17)15-4-6-18(25)19(11-15)26-22(27)23(8-9-23)16-5-7-20-21(12-16)29-13-28-20;/h1-7,10-12H,8-9,13H2,(H,26,27);1H. The number of ether oxygens (including phenoxy) is 2. The fraction of sp³-hybridized carbons (Fsp3) is 0.174. The van der Waals surface area contributed by atoms with Gasteiger partial charge in [-0.3, -0.25) is 4.79 Å². The number of carbonyl (C=O) groups is 1. The molecule has 3 aromatic carbocycles. The van der Waals surface area contributed by atoms with Crippen molar-refractivity contribution in [1.29, 1.82) is 0 Å². The Kier molecular flexibility index (Phi) is 4.21. The van der Waals surface area contributed by atoms with Crippen LogP contribution in [0.3, 0.4) is 0 Å². The first-order valence-corrected chi connectivity index (χ1v) is 9.70. The van der Waals surface area contributed by atoms with E-state index in [9.17, 15) is 9.18 Å². The number of halogens is 2. The minimum Gasteiger partial charge on any atom is -0.454 e. The van der Waals surface area contributed by atoms with Crippen LogP contribution in [0.1, 0.15) is 19.8 Å². The van der Waals surface area contributed by atoms with Gasteiger partial charge in [-0.15, -0.1) is 0 Å². The summed E-state index contributed by atoms with van der Waals surface area (Å²) in [6.07, 6.45) is 1.40. The molecule has 6 heteroatoms. The molecule has 0 saturated heterocycles. The molecule has 1 aliphatic heterocycles. The molecule has 2 aliphatic rings. The maximum atomic E-state index is 14.4. The molecule has 1 aliphatic carbocycles. The number of rotatable bonds is 4. The second-order valence-corrected chi connectivity index (χ2v) is 7.75. The van der Waals surface area contributed by atoms with Crippen LogP contribution in [0, 0.1) is 5.82 Å². The van der Waals surface area contributed by atoms with Crippen molar-refractivity contribution >= 4 is 23.2 Å². The first-order valence-electron chi connectivity index (χ1n) is 9.32. The van der Waals surface area contributed by atoms with Crippen molar-refractivity contribution in [2.75, 3.05) is 12.1 Å². The Labute approximate surface area is 173 Å². The summed E-state index contributed by atoms with van der Waals surface area (Å²) in [6.45, 7) is 0.180. The molecular weight excluding hydrogens is 393 g/mol. The van der Waals surface area contributed by atoms with Crippen molar-refractivity contribution in [3.63, 3.8) is 0 Å². The van der Waals surface area contributed by atoms with Gasteiger partial charge in [0.1, 0.15) is 5.82 Å². The summed E-state index contributed by atoms with van der Waals surface area (Å²) in [5.74, 6) is 0.602. The van der Waals surface area contributed by atoms with Gasteiger partial charge in [0.2, 0.25) is 12.7 Å². The van der Waals surface area contributed by atoms with Crippen LogP contribution in [-0.4, -0.2) is 12.7 Å². The van der Waals surface area contributed by atoms with E-state index in [1.807, 2.05) is 30.3 Å². The fourth-order valence-corrected chi connectivity index (χ4v) is 3.87. The summed E-state index contributed by atoms with van der Waals surface area (Å²) in [4.78, 5) is 13.1. The number of hydrogen-bond acceptors (Lipinski definition) is 3. The molecule has 29 heavy (non-hydrogen) atoms. The fourth-order valence-electron chi connectivity index (χ4n) is 3.68. The highest BCUT2D eigenvalue weighted by molar-refractivity contribution is 6.30. The van der Waals surface area contributed by atoms with E-state index >= 15 is 0 Å². The molecule has 1 saturated carbocycles. The van der Waals surface area contributed by atoms with E-state index in [2.05, 4.69) is 5.32 Å². The Balaban J connectivity index is 0.00000218. The molecule has 4 nitrogen and oxygen atoms in total. The van der Waals surface area contributed by atoms with Crippen LogP contribution in [0.2, 0.25) is 5.02 Å². The summed E-state index contributed by atoms with van der Waals surface area (Å²) >= 11 is 6.06. The zero-order valence-corrected chi connectivity index (χ0v) is 16.1. The molecule has 1 heterocycles. The number of amides is 1. The van der Waals surface area contributed by atoms with Crippen LogP contribution >= 0.6 is 11.6 Å². The SMILES string of the molecule is O=C(Nc1cc(-c2cccc(Cl)c2)ccc1F)C1(c2ccc3c(c2)OCO3)CC1.[HH]. The van der Waals surface area contributed by atoms with Crippen LogP contribution in [0.5, 0.6) is 11.5 Å². The Hall–Kier alpha value is -3.05. The van der Waals surface area contributed by atoms with Gasteiger partial charge in [0.25, 0.3) is 0 Å². The van der Waals surface area contributed by atoms with E-state index in [-0.39, 0.29) is 19.8 Å². The number of hydrogen-bond donors (Lipinski definition) is 1. The van der Waals surface area contributed by atoms with Crippen molar-refractivity contribution in [1.82, 2.24) is 0 Å². The number of benzene rings is 3. The first-order chi connectivity index (χ1) is 14.0. The molecule has 0 aromatic heterocycles. The quantitative estimate of drug-likeness (QED) is 0.591. The van der Waals surface area contributed by atoms with E-state index in [1.54, 1.807) is 24.3 Å². The van der Waals surface area contributed by atoms with Crippen LogP contribution in [0.4, 0.5) is 10.1 Å². The number of carbonyl (C=O) groups excluding carboxylic acids is 1. The average Bonchev–Trinajstić information content (AvgIpc) is 3.40. The molecule has 5 rings (SSSR count). The maximum absolute atomic E-state index is 14.4. The van der Waals surface area contributed by atoms with Gasteiger partial charge < -0.3 is 14.8 Å². The third-order valence-corrected chi connectivity index (χ3v) is 5.72. The van der Waals surface area contributed by atoms with Crippen molar-refractivity contribution in [2.24, 2.45) is 0 Å². The summed E-state index contributed by atoms with van der Waals surface area (Å²) in [5, 5.41) is 3.38. The Bertz CT molecular complexity index is 1130. The molecule has 0 unspecified atom stereocenters. The molecule has 148 valence electrons. The van der Waals surface area contributed by atoms with Gasteiger partial charge in [-0.2, -0.15) is 0 Å². The number of anilines is 1. The van der Waals surface area contributed by atoms with Gasteiger partial charge in [0.05, 0.1) is 11.1 Å². The van der Waals surface area contributed by atoms with Gasteiger partial charge in [-0.1, -0.05) is 35.9 Å². The zero-order chi connectivity index (χ0) is 20.0. The average molecular weight is 412 g/mol. The first kappa shape index (κ1) is 18.0. The lowest BCUT2D eigenvalue weighted by molar-refractivity contribution is -0.118. The molecule has 1 fully saturated rings. The normalized spacial score (nSPS) is 15.8. The summed E-state index contributed by atoms with van der Waals surface area (Å²) in [5.41, 5.74) is 1.96. The lowest BCUT2D eigenvalue weighted by Crippen LogP contribution is -2.28. The Morgan fingerprint density at radius 3 is 2.59 bits per heavy atom. The van der Waals surface area contributed by atoms with E-state index in [0.29, 0.717) is 29.4 Å². The molecule has 1 amide bonds. The third-order valence-electron chi connectivity index (χ3n) is 5.48. The lowest BCUT2D eigenvalue weighted by atomic mass is 9.94. The van der Waals surface area contributed by atoms with Gasteiger partial charge >= 0.3 is 0 Å². The monoisotopic (exact) mass is 411 g/mol. The molecule has 0 atom stereocenters. The highest BCUT2D eigenvalue weighted by atomic mass is 35.5. The second kappa shape index (κ2) is 6.78. The van der Waals surface area contributed by atoms with Gasteiger partial charge in [-0.05, 0) is 65.9 Å². The molecule has 3 aromatic rings. The number of fused-ring (bicyclic) bond motifs is 1. The number of nitrogens with one attached hydrogen (secondary N) is 1. The summed E-state index contributed by atoms with van der Waals surface area (Å²) in [6, 6.07) is 17.5. The predicted molar refractivity (Wildman–Crippen MR) is 111 cm³/mol. The van der Waals surface area contributed by atoms with Gasteiger partial charge in [0, 0.05) is 6.45 Å². The predicted octanol–water partition coefficient (Wildman–Crippen LogP) is 5.79. The second-order valence-electron chi connectivity index (χ2n) is 7.31. The van der Waals surface area contributed by atoms with Crippen molar-refractivity contribution in [3.05, 3.63) is 77.1 Å². The van der Waals surface area contributed by atoms with Gasteiger partial charge in [0.15, 0.2) is 11.5 Å². The van der Waals surface area contributed by atoms with Crippen LogP contribution in [0.15, 0.2) is 60.7 Å². The zero-order valence-electron chi connectivity index (χ0n) is 15.4. The smallest absolute Gasteiger partial charge is 0.235 e. The highest BCUT2D eigenvalue weighted by Crippen LogP contribution is 2.51. The van der Waals surface area contributed by atoms with E-state index in [0.717, 1.165) is 16.7 Å². The molecule has 1 N–H and O–H groups in total. The molecule has 0 spiro atoms. The van der Waals surface area contributed by atoms with Crippen molar-refractivity contribution in [2.45, 2.75) is 18.3 Å². The van der Waals surface area contributed by atoms with Crippen LogP contribution in [-0.2, 0) is 10.2 Å². The van der Waals surface area contributed by atoms with Crippen LogP contribution in [0.25, 0.3) is 11.1 Å². The minimum absolute atomic E-state index is 0.